The van der Waals surface area contributed by atoms with E-state index in [1.807, 2.05) is 0 Å². The number of rotatable bonds is 6. The highest BCUT2D eigenvalue weighted by Crippen LogP contribution is 2.57. The van der Waals surface area contributed by atoms with Crippen molar-refractivity contribution in [1.82, 2.24) is 0 Å². The molecule has 0 unspecified atom stereocenters. The molecule has 0 atom stereocenters. The maximum Gasteiger partial charge on any atom is 0.0546 e. The fourth-order valence-electron chi connectivity index (χ4n) is 13.9. The second kappa shape index (κ2) is 15.7. The van der Waals surface area contributed by atoms with Gasteiger partial charge in [0.1, 0.15) is 0 Å². The minimum absolute atomic E-state index is 0.146. The monoisotopic (exact) mass is 960 g/mol. The number of hydrogen-bond acceptors (Lipinski definition) is 2. The van der Waals surface area contributed by atoms with Gasteiger partial charge in [-0.25, -0.2) is 0 Å². The lowest BCUT2D eigenvalue weighted by atomic mass is 9.81. The Labute approximate surface area is 439 Å². The molecule has 75 heavy (non-hydrogen) atoms. The van der Waals surface area contributed by atoms with Crippen molar-refractivity contribution in [3.63, 3.8) is 0 Å². The lowest BCUT2D eigenvalue weighted by Gasteiger charge is -2.31. The summed E-state index contributed by atoms with van der Waals surface area (Å²) in [6, 6.07) is 87.3. The number of anilines is 6. The zero-order chi connectivity index (χ0) is 50.5. The number of nitrogens with zero attached hydrogens (tertiary/aromatic N) is 2. The van der Waals surface area contributed by atoms with E-state index in [1.54, 1.807) is 0 Å². The molecule has 0 fully saturated rings. The Morgan fingerprint density at radius 1 is 0.227 bits per heavy atom. The van der Waals surface area contributed by atoms with Crippen LogP contribution in [0.4, 0.5) is 34.1 Å². The van der Waals surface area contributed by atoms with E-state index in [0.717, 1.165) is 22.7 Å². The first-order valence-corrected chi connectivity index (χ1v) is 26.7. The molecule has 0 spiro atoms. The van der Waals surface area contributed by atoms with Gasteiger partial charge in [-0.3, -0.25) is 0 Å². The smallest absolute Gasteiger partial charge is 0.0546 e. The van der Waals surface area contributed by atoms with Crippen molar-refractivity contribution < 1.29 is 0 Å². The molecule has 3 aliphatic rings. The third-order valence-electron chi connectivity index (χ3n) is 17.8. The minimum Gasteiger partial charge on any atom is -0.310 e. The summed E-state index contributed by atoms with van der Waals surface area (Å²) in [5.74, 6) is 0. The molecule has 0 heterocycles. The van der Waals surface area contributed by atoms with Gasteiger partial charge in [0.05, 0.1) is 11.4 Å². The Hall–Kier alpha value is -8.72. The Kier molecular flexibility index (Phi) is 9.15. The summed E-state index contributed by atoms with van der Waals surface area (Å²) in [5.41, 5.74) is 22.4. The molecule has 2 nitrogen and oxygen atoms in total. The molecule has 0 N–H and O–H groups in total. The SMILES string of the molecule is CC1(C)c2ccccc2-c2ccc(N(c3ccc4c(c3)C(C)(C)c3cc(N(c5ccc6c(c5)C(C)(C)c5ccccc5-6)c5cc6ccccc6c6ccccc56)ccc3-4)c3cc4ccccc4c4ccccc34)cc21. The molecule has 0 aromatic heterocycles. The molecular formula is C73H56N2. The van der Waals surface area contributed by atoms with Crippen molar-refractivity contribution in [1.29, 1.82) is 0 Å². The topological polar surface area (TPSA) is 6.48 Å². The average molecular weight is 961 g/mol. The molecule has 0 saturated carbocycles. The molecule has 3 aliphatic carbocycles. The van der Waals surface area contributed by atoms with Gasteiger partial charge in [0.15, 0.2) is 0 Å². The third-order valence-corrected chi connectivity index (χ3v) is 17.8. The number of fused-ring (bicyclic) bond motifs is 15. The molecule has 0 amide bonds. The molecule has 0 saturated heterocycles. The Morgan fingerprint density at radius 3 is 0.853 bits per heavy atom. The Bertz CT molecular complexity index is 4130. The molecule has 2 heteroatoms. The van der Waals surface area contributed by atoms with Crippen molar-refractivity contribution in [2.75, 3.05) is 9.80 Å². The van der Waals surface area contributed by atoms with E-state index in [1.165, 1.54) is 121 Å². The highest BCUT2D eigenvalue weighted by molar-refractivity contribution is 6.16. The molecule has 12 aromatic carbocycles. The summed E-state index contributed by atoms with van der Waals surface area (Å²) < 4.78 is 0. The van der Waals surface area contributed by atoms with Gasteiger partial charge < -0.3 is 9.80 Å². The van der Waals surface area contributed by atoms with Gasteiger partial charge in [-0.2, -0.15) is 0 Å². The lowest BCUT2D eigenvalue weighted by Crippen LogP contribution is -2.19. The average Bonchev–Trinajstić information content (AvgIpc) is 3.93. The second-order valence-electron chi connectivity index (χ2n) is 22.9. The van der Waals surface area contributed by atoms with Gasteiger partial charge in [-0.15, -0.1) is 0 Å². The van der Waals surface area contributed by atoms with E-state index >= 15 is 0 Å². The zero-order valence-electron chi connectivity index (χ0n) is 43.3. The minimum atomic E-state index is -0.325. The van der Waals surface area contributed by atoms with Gasteiger partial charge in [0.2, 0.25) is 0 Å². The van der Waals surface area contributed by atoms with Crippen molar-refractivity contribution in [2.24, 2.45) is 0 Å². The quantitative estimate of drug-likeness (QED) is 0.153. The normalized spacial score (nSPS) is 14.9. The van der Waals surface area contributed by atoms with E-state index in [4.69, 9.17) is 0 Å². The largest absolute Gasteiger partial charge is 0.310 e. The fraction of sp³-hybridized carbons (Fsp3) is 0.123. The van der Waals surface area contributed by atoms with Crippen LogP contribution in [0.2, 0.25) is 0 Å². The van der Waals surface area contributed by atoms with Crippen LogP contribution in [-0.4, -0.2) is 0 Å². The zero-order valence-corrected chi connectivity index (χ0v) is 43.3. The van der Waals surface area contributed by atoms with E-state index < -0.39 is 0 Å². The summed E-state index contributed by atoms with van der Waals surface area (Å²) in [7, 11) is 0. The first kappa shape index (κ1) is 43.8. The highest BCUT2D eigenvalue weighted by atomic mass is 15.2. The number of hydrogen-bond donors (Lipinski definition) is 0. The van der Waals surface area contributed by atoms with Crippen LogP contribution >= 0.6 is 0 Å². The van der Waals surface area contributed by atoms with E-state index in [-0.39, 0.29) is 16.2 Å². The molecule has 0 bridgehead atoms. The molecule has 12 aromatic rings. The van der Waals surface area contributed by atoms with Gasteiger partial charge in [0.25, 0.3) is 0 Å². The van der Waals surface area contributed by atoms with Crippen LogP contribution in [0.5, 0.6) is 0 Å². The van der Waals surface area contributed by atoms with Crippen LogP contribution in [0.1, 0.15) is 74.9 Å². The molecule has 0 radical (unpaired) electrons. The standard InChI is InChI=1S/C73H56N2/c1-71(2)63-29-17-15-25-55(63)57-35-31-47(41-65(57)71)74(69-39-45-19-7-9-21-51(45)53-23-11-13-27-61(53)69)49-33-37-59-60-38-34-50(44-68(60)73(5,6)67(59)43-49)75(70-40-46-20-8-10-22-52(46)54-24-12-14-28-62(54)70)48-32-36-58-56-26-16-18-30-64(56)72(3,4)66(58)42-48/h7-44H,1-6H3. The first-order valence-electron chi connectivity index (χ1n) is 26.7. The van der Waals surface area contributed by atoms with Gasteiger partial charge in [-0.1, -0.05) is 211 Å². The van der Waals surface area contributed by atoms with E-state index in [9.17, 15) is 0 Å². The van der Waals surface area contributed by atoms with Crippen LogP contribution < -0.4 is 9.80 Å². The van der Waals surface area contributed by atoms with Crippen LogP contribution in [0.3, 0.4) is 0 Å². The van der Waals surface area contributed by atoms with Crippen molar-refractivity contribution in [3.05, 3.63) is 264 Å². The third kappa shape index (κ3) is 6.20. The summed E-state index contributed by atoms with van der Waals surface area (Å²) >= 11 is 0. The van der Waals surface area contributed by atoms with Crippen LogP contribution in [0.25, 0.3) is 76.5 Å². The maximum atomic E-state index is 2.54. The summed E-state index contributed by atoms with van der Waals surface area (Å²) in [5, 5.41) is 9.96. The van der Waals surface area contributed by atoms with Crippen molar-refractivity contribution >= 4 is 77.2 Å². The van der Waals surface area contributed by atoms with Gasteiger partial charge in [0, 0.05) is 49.8 Å². The van der Waals surface area contributed by atoms with Crippen LogP contribution in [0.15, 0.2) is 231 Å². The first-order chi connectivity index (χ1) is 36.5. The Morgan fingerprint density at radius 2 is 0.493 bits per heavy atom. The molecular weight excluding hydrogens is 905 g/mol. The fourth-order valence-corrected chi connectivity index (χ4v) is 13.9. The predicted molar refractivity (Wildman–Crippen MR) is 319 cm³/mol. The maximum absolute atomic E-state index is 2.54. The Balaban J connectivity index is 0.914. The molecule has 15 rings (SSSR count). The highest BCUT2D eigenvalue weighted by Gasteiger charge is 2.40. The predicted octanol–water partition coefficient (Wildman–Crippen LogP) is 20.2. The van der Waals surface area contributed by atoms with Crippen molar-refractivity contribution in [2.45, 2.75) is 57.8 Å². The summed E-state index contributed by atoms with van der Waals surface area (Å²) in [6.45, 7) is 14.4. The summed E-state index contributed by atoms with van der Waals surface area (Å²) in [4.78, 5) is 5.08. The summed E-state index contributed by atoms with van der Waals surface area (Å²) in [6.07, 6.45) is 0. The number of benzene rings is 12. The van der Waals surface area contributed by atoms with Gasteiger partial charge in [-0.05, 0) is 160 Å². The molecule has 0 aliphatic heterocycles. The lowest BCUT2D eigenvalue weighted by molar-refractivity contribution is 0.660. The van der Waals surface area contributed by atoms with E-state index in [0.29, 0.717) is 0 Å². The molecule has 358 valence electrons. The van der Waals surface area contributed by atoms with Crippen LogP contribution in [-0.2, 0) is 16.2 Å². The van der Waals surface area contributed by atoms with Crippen LogP contribution in [0, 0.1) is 0 Å². The van der Waals surface area contributed by atoms with Gasteiger partial charge >= 0.3 is 0 Å². The second-order valence-corrected chi connectivity index (χ2v) is 22.9. The van der Waals surface area contributed by atoms with Crippen molar-refractivity contribution in [3.8, 4) is 33.4 Å². The van der Waals surface area contributed by atoms with E-state index in [2.05, 4.69) is 282 Å².